The van der Waals surface area contributed by atoms with Gasteiger partial charge in [0.25, 0.3) is 0 Å². The molecule has 0 aliphatic rings. The number of hydrogen-bond acceptors (Lipinski definition) is 1. The number of aryl methyl sites for hydroxylation is 1. The van der Waals surface area contributed by atoms with E-state index in [1.165, 1.54) is 0 Å². The SMILES string of the molecule is C=C(C)C(=C)c1ccc(O)cc1C. The predicted molar refractivity (Wildman–Crippen MR) is 56.7 cm³/mol. The van der Waals surface area contributed by atoms with Gasteiger partial charge in [-0.2, -0.15) is 0 Å². The Morgan fingerprint density at radius 2 is 1.92 bits per heavy atom. The van der Waals surface area contributed by atoms with Gasteiger partial charge in [0.05, 0.1) is 0 Å². The highest BCUT2D eigenvalue weighted by atomic mass is 16.3. The van der Waals surface area contributed by atoms with Gasteiger partial charge in [0.1, 0.15) is 5.75 Å². The van der Waals surface area contributed by atoms with Crippen LogP contribution in [0.15, 0.2) is 36.9 Å². The molecule has 68 valence electrons. The smallest absolute Gasteiger partial charge is 0.115 e. The van der Waals surface area contributed by atoms with Crippen LogP contribution in [0.25, 0.3) is 5.57 Å². The Bertz CT molecular complexity index is 361. The van der Waals surface area contributed by atoms with Crippen LogP contribution < -0.4 is 0 Å². The molecule has 0 aromatic heterocycles. The van der Waals surface area contributed by atoms with Crippen molar-refractivity contribution < 1.29 is 5.11 Å². The second-order valence-corrected chi connectivity index (χ2v) is 3.26. The first-order valence-corrected chi connectivity index (χ1v) is 4.17. The fourth-order valence-electron chi connectivity index (χ4n) is 1.22. The fraction of sp³-hybridized carbons (Fsp3) is 0.167. The fourth-order valence-corrected chi connectivity index (χ4v) is 1.22. The highest BCUT2D eigenvalue weighted by Crippen LogP contribution is 2.25. The van der Waals surface area contributed by atoms with Gasteiger partial charge in [0, 0.05) is 0 Å². The molecule has 0 unspecified atom stereocenters. The van der Waals surface area contributed by atoms with Gasteiger partial charge < -0.3 is 5.11 Å². The second kappa shape index (κ2) is 3.48. The molecule has 1 rings (SSSR count). The van der Waals surface area contributed by atoms with Crippen LogP contribution in [0, 0.1) is 6.92 Å². The molecule has 1 aromatic rings. The average Bonchev–Trinajstić information content (AvgIpc) is 2.03. The van der Waals surface area contributed by atoms with Crippen molar-refractivity contribution in [1.82, 2.24) is 0 Å². The number of rotatable bonds is 2. The second-order valence-electron chi connectivity index (χ2n) is 3.26. The molecule has 0 heterocycles. The topological polar surface area (TPSA) is 20.2 Å². The molecule has 0 fully saturated rings. The molecule has 0 saturated carbocycles. The Balaban J connectivity index is 3.16. The number of phenolic OH excluding ortho intramolecular Hbond substituents is 1. The van der Waals surface area contributed by atoms with E-state index in [1.54, 1.807) is 12.1 Å². The van der Waals surface area contributed by atoms with E-state index in [2.05, 4.69) is 13.2 Å². The van der Waals surface area contributed by atoms with Crippen molar-refractivity contribution in [2.24, 2.45) is 0 Å². The molecule has 0 aliphatic heterocycles. The van der Waals surface area contributed by atoms with Crippen molar-refractivity contribution >= 4 is 5.57 Å². The summed E-state index contributed by atoms with van der Waals surface area (Å²) in [5.74, 6) is 0.288. The molecule has 0 aliphatic carbocycles. The predicted octanol–water partition coefficient (Wildman–Crippen LogP) is 3.29. The summed E-state index contributed by atoms with van der Waals surface area (Å²) in [6.07, 6.45) is 0. The zero-order valence-electron chi connectivity index (χ0n) is 8.09. The molecule has 0 spiro atoms. The molecule has 1 nitrogen and oxygen atoms in total. The largest absolute Gasteiger partial charge is 0.508 e. The van der Waals surface area contributed by atoms with Crippen LogP contribution in [0.1, 0.15) is 18.1 Å². The maximum Gasteiger partial charge on any atom is 0.115 e. The molecule has 0 atom stereocenters. The van der Waals surface area contributed by atoms with E-state index in [9.17, 15) is 5.11 Å². The number of phenols is 1. The monoisotopic (exact) mass is 174 g/mol. The van der Waals surface area contributed by atoms with E-state index in [0.717, 1.165) is 22.3 Å². The van der Waals surface area contributed by atoms with E-state index < -0.39 is 0 Å². The number of aromatic hydroxyl groups is 1. The van der Waals surface area contributed by atoms with Crippen LogP contribution in [0.4, 0.5) is 0 Å². The molecule has 0 bridgehead atoms. The standard InChI is InChI=1S/C12H14O/c1-8(2)10(4)12-6-5-11(13)7-9(12)3/h5-7,13H,1,4H2,2-3H3. The number of hydrogen-bond donors (Lipinski definition) is 1. The summed E-state index contributed by atoms with van der Waals surface area (Å²) in [7, 11) is 0. The van der Waals surface area contributed by atoms with Gasteiger partial charge in [-0.1, -0.05) is 24.8 Å². The lowest BCUT2D eigenvalue weighted by molar-refractivity contribution is 0.475. The van der Waals surface area contributed by atoms with Crippen LogP contribution >= 0.6 is 0 Å². The van der Waals surface area contributed by atoms with Crippen molar-refractivity contribution in [2.45, 2.75) is 13.8 Å². The van der Waals surface area contributed by atoms with Crippen LogP contribution in [0.2, 0.25) is 0 Å². The van der Waals surface area contributed by atoms with Crippen LogP contribution in [-0.2, 0) is 0 Å². The Kier molecular flexibility index (Phi) is 2.57. The molecular formula is C12H14O. The molecule has 1 N–H and O–H groups in total. The minimum absolute atomic E-state index is 0.288. The summed E-state index contributed by atoms with van der Waals surface area (Å²) in [4.78, 5) is 0. The van der Waals surface area contributed by atoms with Gasteiger partial charge in [-0.15, -0.1) is 0 Å². The minimum Gasteiger partial charge on any atom is -0.508 e. The third kappa shape index (κ3) is 2.00. The minimum atomic E-state index is 0.288. The molecule has 0 radical (unpaired) electrons. The Labute approximate surface area is 79.0 Å². The zero-order valence-corrected chi connectivity index (χ0v) is 8.09. The van der Waals surface area contributed by atoms with Crippen LogP contribution in [-0.4, -0.2) is 5.11 Å². The maximum absolute atomic E-state index is 9.21. The van der Waals surface area contributed by atoms with Gasteiger partial charge >= 0.3 is 0 Å². The van der Waals surface area contributed by atoms with E-state index in [0.29, 0.717) is 0 Å². The molecule has 1 aromatic carbocycles. The van der Waals surface area contributed by atoms with Gasteiger partial charge in [-0.25, -0.2) is 0 Å². The van der Waals surface area contributed by atoms with Crippen LogP contribution in [0.5, 0.6) is 5.75 Å². The zero-order chi connectivity index (χ0) is 10.0. The lowest BCUT2D eigenvalue weighted by Crippen LogP contribution is -1.87. The van der Waals surface area contributed by atoms with E-state index in [4.69, 9.17) is 0 Å². The summed E-state index contributed by atoms with van der Waals surface area (Å²) >= 11 is 0. The third-order valence-corrected chi connectivity index (χ3v) is 2.05. The summed E-state index contributed by atoms with van der Waals surface area (Å²) in [5, 5.41) is 9.21. The van der Waals surface area contributed by atoms with Crippen molar-refractivity contribution in [3.05, 3.63) is 48.1 Å². The molecule has 0 amide bonds. The summed E-state index contributed by atoms with van der Waals surface area (Å²) in [6.45, 7) is 11.6. The maximum atomic E-state index is 9.21. The first kappa shape index (κ1) is 9.59. The average molecular weight is 174 g/mol. The quantitative estimate of drug-likeness (QED) is 0.682. The third-order valence-electron chi connectivity index (χ3n) is 2.05. The van der Waals surface area contributed by atoms with Crippen LogP contribution in [0.3, 0.4) is 0 Å². The lowest BCUT2D eigenvalue weighted by Gasteiger charge is -2.08. The van der Waals surface area contributed by atoms with E-state index >= 15 is 0 Å². The van der Waals surface area contributed by atoms with Gasteiger partial charge in [0.2, 0.25) is 0 Å². The summed E-state index contributed by atoms with van der Waals surface area (Å²) < 4.78 is 0. The van der Waals surface area contributed by atoms with Crippen molar-refractivity contribution in [1.29, 1.82) is 0 Å². The number of benzene rings is 1. The first-order chi connectivity index (χ1) is 6.02. The molecular weight excluding hydrogens is 160 g/mol. The summed E-state index contributed by atoms with van der Waals surface area (Å²) in [6, 6.07) is 5.25. The summed E-state index contributed by atoms with van der Waals surface area (Å²) in [5.41, 5.74) is 3.95. The molecule has 13 heavy (non-hydrogen) atoms. The Hall–Kier alpha value is -1.50. The first-order valence-electron chi connectivity index (χ1n) is 4.17. The molecule has 0 saturated heterocycles. The van der Waals surface area contributed by atoms with Gasteiger partial charge in [-0.3, -0.25) is 0 Å². The highest BCUT2D eigenvalue weighted by molar-refractivity contribution is 5.77. The van der Waals surface area contributed by atoms with Gasteiger partial charge in [0.15, 0.2) is 0 Å². The van der Waals surface area contributed by atoms with Crippen molar-refractivity contribution in [3.8, 4) is 5.75 Å². The lowest BCUT2D eigenvalue weighted by atomic mass is 9.97. The van der Waals surface area contributed by atoms with Crippen molar-refractivity contribution in [2.75, 3.05) is 0 Å². The normalized spacial score (nSPS) is 9.69. The Morgan fingerprint density at radius 1 is 1.31 bits per heavy atom. The van der Waals surface area contributed by atoms with Gasteiger partial charge in [-0.05, 0) is 42.7 Å². The highest BCUT2D eigenvalue weighted by Gasteiger charge is 2.03. The van der Waals surface area contributed by atoms with Crippen molar-refractivity contribution in [3.63, 3.8) is 0 Å². The number of allylic oxidation sites excluding steroid dienone is 2. The molecule has 1 heteroatoms. The van der Waals surface area contributed by atoms with E-state index in [1.807, 2.05) is 19.9 Å². The van der Waals surface area contributed by atoms with E-state index in [-0.39, 0.29) is 5.75 Å². The Morgan fingerprint density at radius 3 is 2.38 bits per heavy atom.